The fraction of sp³-hybridized carbons (Fsp3) is 0.190. The largest absolute Gasteiger partial charge is 0.492 e. The number of hydrogen-bond acceptors (Lipinski definition) is 5. The van der Waals surface area contributed by atoms with E-state index in [4.69, 9.17) is 22.8 Å². The summed E-state index contributed by atoms with van der Waals surface area (Å²) in [6, 6.07) is 8.12. The van der Waals surface area contributed by atoms with Crippen LogP contribution >= 0.6 is 11.6 Å². The van der Waals surface area contributed by atoms with Crippen LogP contribution in [0.4, 0.5) is 10.3 Å². The minimum atomic E-state index is -0.474. The van der Waals surface area contributed by atoms with Gasteiger partial charge in [-0.2, -0.15) is 0 Å². The molecule has 0 atom stereocenters. The number of halogens is 2. The maximum absolute atomic E-state index is 14.5. The van der Waals surface area contributed by atoms with Gasteiger partial charge in [0.15, 0.2) is 0 Å². The molecule has 29 heavy (non-hydrogen) atoms. The van der Waals surface area contributed by atoms with Crippen molar-refractivity contribution in [2.75, 3.05) is 25.0 Å². The molecule has 1 heterocycles. The second kappa shape index (κ2) is 9.22. The van der Waals surface area contributed by atoms with Crippen molar-refractivity contribution < 1.29 is 13.9 Å². The average Bonchev–Trinajstić information content (AvgIpc) is 2.73. The molecule has 0 aliphatic carbocycles. The van der Waals surface area contributed by atoms with Crippen LogP contribution in [-0.4, -0.2) is 35.6 Å². The standard InChI is InChI=1S/C21H18ClFN4O2/c1-3-18(28)24-9-10-25-21-26-12-14-11-13(5-7-16(14)27-21)19-15(23)6-8-17(20(19)22)29-4-2/h1,5-8,11-12H,4,9-10H2,2H3,(H,24,28)(H,25,26,27). The van der Waals surface area contributed by atoms with Crippen LogP contribution in [0.2, 0.25) is 5.02 Å². The summed E-state index contributed by atoms with van der Waals surface area (Å²) < 4.78 is 19.9. The Balaban J connectivity index is 1.82. The van der Waals surface area contributed by atoms with Crippen LogP contribution in [0.1, 0.15) is 6.92 Å². The Labute approximate surface area is 172 Å². The average molecular weight is 413 g/mol. The molecule has 0 fully saturated rings. The minimum Gasteiger partial charge on any atom is -0.492 e. The van der Waals surface area contributed by atoms with Crippen molar-refractivity contribution in [2.24, 2.45) is 0 Å². The van der Waals surface area contributed by atoms with Gasteiger partial charge in [0.1, 0.15) is 11.6 Å². The fourth-order valence-corrected chi connectivity index (χ4v) is 3.06. The van der Waals surface area contributed by atoms with Crippen LogP contribution < -0.4 is 15.4 Å². The number of carbonyl (C=O) groups is 1. The van der Waals surface area contributed by atoms with Crippen molar-refractivity contribution in [1.82, 2.24) is 15.3 Å². The summed E-state index contributed by atoms with van der Waals surface area (Å²) >= 11 is 6.36. The van der Waals surface area contributed by atoms with Crippen LogP contribution in [-0.2, 0) is 4.79 Å². The fourth-order valence-electron chi connectivity index (χ4n) is 2.74. The highest BCUT2D eigenvalue weighted by molar-refractivity contribution is 6.34. The van der Waals surface area contributed by atoms with E-state index in [0.717, 1.165) is 5.39 Å². The number of fused-ring (bicyclic) bond motifs is 1. The van der Waals surface area contributed by atoms with E-state index in [-0.39, 0.29) is 10.6 Å². The Bertz CT molecular complexity index is 1100. The number of amides is 1. The molecule has 8 heteroatoms. The first-order valence-electron chi connectivity index (χ1n) is 8.89. The summed E-state index contributed by atoms with van der Waals surface area (Å²) in [7, 11) is 0. The maximum Gasteiger partial charge on any atom is 0.295 e. The molecule has 6 nitrogen and oxygen atoms in total. The maximum atomic E-state index is 14.5. The molecule has 0 radical (unpaired) electrons. The van der Waals surface area contributed by atoms with Gasteiger partial charge in [0.2, 0.25) is 5.95 Å². The molecule has 0 saturated carbocycles. The number of nitrogens with one attached hydrogen (secondary N) is 2. The molecule has 3 aromatic rings. The number of anilines is 1. The van der Waals surface area contributed by atoms with E-state index in [1.54, 1.807) is 24.4 Å². The van der Waals surface area contributed by atoms with Crippen molar-refractivity contribution >= 4 is 34.4 Å². The van der Waals surface area contributed by atoms with E-state index in [9.17, 15) is 9.18 Å². The number of carbonyl (C=O) groups excluding carboxylic acids is 1. The van der Waals surface area contributed by atoms with Gasteiger partial charge in [-0.3, -0.25) is 4.79 Å². The van der Waals surface area contributed by atoms with E-state index < -0.39 is 11.7 Å². The van der Waals surface area contributed by atoms with Crippen LogP contribution in [0.25, 0.3) is 22.0 Å². The lowest BCUT2D eigenvalue weighted by Gasteiger charge is -2.12. The van der Waals surface area contributed by atoms with Gasteiger partial charge in [-0.15, -0.1) is 6.42 Å². The highest BCUT2D eigenvalue weighted by Gasteiger charge is 2.15. The normalized spacial score (nSPS) is 10.4. The zero-order chi connectivity index (χ0) is 20.8. The Kier molecular flexibility index (Phi) is 6.47. The first-order valence-corrected chi connectivity index (χ1v) is 9.27. The zero-order valence-corrected chi connectivity index (χ0v) is 16.4. The van der Waals surface area contributed by atoms with Crippen LogP contribution in [0.5, 0.6) is 5.75 Å². The summed E-state index contributed by atoms with van der Waals surface area (Å²) in [5, 5.41) is 6.49. The SMILES string of the molecule is C#CC(=O)NCCNc1ncc2cc(-c3c(F)ccc(OCC)c3Cl)ccc2n1. The monoisotopic (exact) mass is 412 g/mol. The number of ether oxygens (including phenoxy) is 1. The Morgan fingerprint density at radius 1 is 1.31 bits per heavy atom. The van der Waals surface area contributed by atoms with Crippen LogP contribution in [0, 0.1) is 18.2 Å². The molecule has 0 spiro atoms. The summed E-state index contributed by atoms with van der Waals surface area (Å²) in [4.78, 5) is 19.7. The van der Waals surface area contributed by atoms with E-state index in [2.05, 4.69) is 20.6 Å². The molecule has 148 valence electrons. The third kappa shape index (κ3) is 4.73. The zero-order valence-electron chi connectivity index (χ0n) is 15.6. The number of aromatic nitrogens is 2. The number of hydrogen-bond donors (Lipinski definition) is 2. The van der Waals surface area contributed by atoms with E-state index >= 15 is 0 Å². The molecule has 0 aliphatic rings. The van der Waals surface area contributed by atoms with Gasteiger partial charge in [-0.1, -0.05) is 17.7 Å². The third-order valence-corrected chi connectivity index (χ3v) is 4.42. The third-order valence-electron chi connectivity index (χ3n) is 4.05. The van der Waals surface area contributed by atoms with Crippen molar-refractivity contribution in [2.45, 2.75) is 6.92 Å². The summed E-state index contributed by atoms with van der Waals surface area (Å²) in [6.45, 7) is 3.03. The molecule has 1 amide bonds. The smallest absolute Gasteiger partial charge is 0.295 e. The number of nitrogens with zero attached hydrogens (tertiary/aromatic N) is 2. The molecule has 0 saturated heterocycles. The summed E-state index contributed by atoms with van der Waals surface area (Å²) in [6.07, 6.45) is 6.61. The molecule has 1 aromatic heterocycles. The molecule has 0 unspecified atom stereocenters. The minimum absolute atomic E-state index is 0.222. The van der Waals surface area contributed by atoms with E-state index in [1.807, 2.05) is 12.8 Å². The van der Waals surface area contributed by atoms with Gasteiger partial charge < -0.3 is 15.4 Å². The van der Waals surface area contributed by atoms with E-state index in [0.29, 0.717) is 42.5 Å². The van der Waals surface area contributed by atoms with Gasteiger partial charge >= 0.3 is 0 Å². The second-order valence-electron chi connectivity index (χ2n) is 5.96. The van der Waals surface area contributed by atoms with E-state index in [1.165, 1.54) is 12.1 Å². The molecular formula is C21H18ClFN4O2. The molecule has 2 aromatic carbocycles. The predicted octanol–water partition coefficient (Wildman–Crippen LogP) is 3.65. The lowest BCUT2D eigenvalue weighted by molar-refractivity contribution is -0.115. The van der Waals surface area contributed by atoms with Crippen molar-refractivity contribution in [3.8, 4) is 29.2 Å². The molecule has 0 aliphatic heterocycles. The van der Waals surface area contributed by atoms with Gasteiger partial charge in [-0.25, -0.2) is 14.4 Å². The summed E-state index contributed by atoms with van der Waals surface area (Å²) in [5.74, 6) is 1.89. The lowest BCUT2D eigenvalue weighted by atomic mass is 10.0. The number of terminal acetylenes is 1. The molecule has 2 N–H and O–H groups in total. The first kappa shape index (κ1) is 20.4. The first-order chi connectivity index (χ1) is 14.0. The van der Waals surface area contributed by atoms with Crippen LogP contribution in [0.3, 0.4) is 0 Å². The van der Waals surface area contributed by atoms with Crippen LogP contribution in [0.15, 0.2) is 36.5 Å². The number of benzene rings is 2. The number of rotatable bonds is 7. The predicted molar refractivity (Wildman–Crippen MR) is 111 cm³/mol. The van der Waals surface area contributed by atoms with Gasteiger partial charge in [0.05, 0.1) is 17.1 Å². The van der Waals surface area contributed by atoms with Crippen molar-refractivity contribution in [3.05, 3.63) is 47.4 Å². The highest BCUT2D eigenvalue weighted by atomic mass is 35.5. The second-order valence-corrected chi connectivity index (χ2v) is 6.34. The topological polar surface area (TPSA) is 76.1 Å². The molecule has 3 rings (SSSR count). The molecule has 0 bridgehead atoms. The summed E-state index contributed by atoms with van der Waals surface area (Å²) in [5.41, 5.74) is 1.55. The lowest BCUT2D eigenvalue weighted by Crippen LogP contribution is -2.27. The highest BCUT2D eigenvalue weighted by Crippen LogP contribution is 2.38. The van der Waals surface area contributed by atoms with Gasteiger partial charge in [0.25, 0.3) is 5.91 Å². The Hall–Kier alpha value is -3.37. The van der Waals surface area contributed by atoms with Gasteiger partial charge in [-0.05, 0) is 42.7 Å². The van der Waals surface area contributed by atoms with Crippen molar-refractivity contribution in [1.29, 1.82) is 0 Å². The van der Waals surface area contributed by atoms with Crippen molar-refractivity contribution in [3.63, 3.8) is 0 Å². The quantitative estimate of drug-likeness (QED) is 0.457. The Morgan fingerprint density at radius 2 is 2.14 bits per heavy atom. The van der Waals surface area contributed by atoms with Gasteiger partial charge in [0, 0.05) is 30.2 Å². The Morgan fingerprint density at radius 3 is 2.90 bits per heavy atom. The molecular weight excluding hydrogens is 395 g/mol.